The monoisotopic (exact) mass is 394 g/mol. The Morgan fingerprint density at radius 2 is 1.08 bits per heavy atom. The summed E-state index contributed by atoms with van der Waals surface area (Å²) < 4.78 is 0. The van der Waals surface area contributed by atoms with Crippen LogP contribution in [-0.2, 0) is 0 Å². The van der Waals surface area contributed by atoms with Crippen LogP contribution in [0.4, 0.5) is 11.4 Å². The second kappa shape index (κ2) is 7.36. The SMILES string of the molecule is N=C(Nc1ccc(NC(=N)c2sccc2Cl)cc1)c1sccc1Cl. The van der Waals surface area contributed by atoms with Crippen LogP contribution >= 0.6 is 45.9 Å². The van der Waals surface area contributed by atoms with Gasteiger partial charge < -0.3 is 10.6 Å². The van der Waals surface area contributed by atoms with Crippen molar-refractivity contribution in [3.8, 4) is 0 Å². The maximum absolute atomic E-state index is 8.06. The standard InChI is InChI=1S/C16H12Cl2N4S2/c17-11-5-7-23-13(11)15(19)21-9-1-2-10(4-3-9)22-16(20)14-12(18)6-8-24-14/h1-8H,(H2,19,21)(H2,20,22). The normalized spacial score (nSPS) is 10.4. The van der Waals surface area contributed by atoms with Crippen molar-refractivity contribution in [3.63, 3.8) is 0 Å². The molecule has 2 heterocycles. The molecule has 0 saturated carbocycles. The van der Waals surface area contributed by atoms with E-state index in [-0.39, 0.29) is 11.7 Å². The van der Waals surface area contributed by atoms with Crippen molar-refractivity contribution in [2.75, 3.05) is 10.6 Å². The van der Waals surface area contributed by atoms with Crippen molar-refractivity contribution < 1.29 is 0 Å². The van der Waals surface area contributed by atoms with Gasteiger partial charge in [0.05, 0.1) is 19.8 Å². The largest absolute Gasteiger partial charge is 0.339 e. The lowest BCUT2D eigenvalue weighted by molar-refractivity contribution is 1.46. The third-order valence-corrected chi connectivity index (χ3v) is 5.83. The summed E-state index contributed by atoms with van der Waals surface area (Å²) in [4.78, 5) is 1.40. The van der Waals surface area contributed by atoms with Crippen molar-refractivity contribution in [2.24, 2.45) is 0 Å². The first kappa shape index (κ1) is 17.0. The van der Waals surface area contributed by atoms with E-state index in [0.717, 1.165) is 11.4 Å². The van der Waals surface area contributed by atoms with Gasteiger partial charge in [0.15, 0.2) is 0 Å². The molecule has 0 radical (unpaired) electrons. The molecule has 3 rings (SSSR count). The second-order valence-electron chi connectivity index (χ2n) is 4.77. The summed E-state index contributed by atoms with van der Waals surface area (Å²) in [6.07, 6.45) is 0. The van der Waals surface area contributed by atoms with E-state index in [4.69, 9.17) is 34.0 Å². The lowest BCUT2D eigenvalue weighted by Gasteiger charge is -2.10. The highest BCUT2D eigenvalue weighted by Gasteiger charge is 2.10. The number of rotatable bonds is 4. The predicted octanol–water partition coefficient (Wildman–Crippen LogP) is 5.99. The molecular formula is C16H12Cl2N4S2. The van der Waals surface area contributed by atoms with Crippen LogP contribution in [-0.4, -0.2) is 11.7 Å². The molecule has 4 nitrogen and oxygen atoms in total. The molecule has 1 aromatic carbocycles. The molecule has 0 fully saturated rings. The van der Waals surface area contributed by atoms with Gasteiger partial charge in [-0.05, 0) is 47.2 Å². The van der Waals surface area contributed by atoms with E-state index in [1.165, 1.54) is 22.7 Å². The van der Waals surface area contributed by atoms with Gasteiger partial charge in [-0.2, -0.15) is 0 Å². The number of halogens is 2. The van der Waals surface area contributed by atoms with Crippen LogP contribution in [0.15, 0.2) is 47.2 Å². The van der Waals surface area contributed by atoms with Gasteiger partial charge >= 0.3 is 0 Å². The highest BCUT2D eigenvalue weighted by molar-refractivity contribution is 7.13. The van der Waals surface area contributed by atoms with Crippen LogP contribution in [0, 0.1) is 10.8 Å². The van der Waals surface area contributed by atoms with Crippen LogP contribution in [0.3, 0.4) is 0 Å². The summed E-state index contributed by atoms with van der Waals surface area (Å²) in [6.45, 7) is 0. The van der Waals surface area contributed by atoms with E-state index in [0.29, 0.717) is 19.8 Å². The number of hydrogen-bond acceptors (Lipinski definition) is 4. The van der Waals surface area contributed by atoms with Gasteiger partial charge in [-0.3, -0.25) is 10.8 Å². The van der Waals surface area contributed by atoms with Crippen molar-refractivity contribution in [3.05, 3.63) is 67.0 Å². The average molecular weight is 395 g/mol. The minimum Gasteiger partial charge on any atom is -0.339 e. The Hall–Kier alpha value is -1.86. The number of hydrogen-bond donors (Lipinski definition) is 4. The summed E-state index contributed by atoms with van der Waals surface area (Å²) in [5.74, 6) is 0.516. The van der Waals surface area contributed by atoms with Gasteiger partial charge in [0, 0.05) is 11.4 Å². The lowest BCUT2D eigenvalue weighted by atomic mass is 10.2. The summed E-state index contributed by atoms with van der Waals surface area (Å²) in [7, 11) is 0. The maximum atomic E-state index is 8.06. The molecule has 0 aliphatic heterocycles. The quantitative estimate of drug-likeness (QED) is 0.324. The molecule has 122 valence electrons. The van der Waals surface area contributed by atoms with Gasteiger partial charge in [-0.15, -0.1) is 22.7 Å². The molecule has 8 heteroatoms. The zero-order chi connectivity index (χ0) is 17.1. The number of nitrogens with one attached hydrogen (secondary N) is 4. The van der Waals surface area contributed by atoms with E-state index in [9.17, 15) is 0 Å². The Bertz CT molecular complexity index is 810. The topological polar surface area (TPSA) is 71.8 Å². The first-order valence-electron chi connectivity index (χ1n) is 6.82. The number of benzene rings is 1. The molecule has 4 N–H and O–H groups in total. The first-order chi connectivity index (χ1) is 11.5. The van der Waals surface area contributed by atoms with Crippen LogP contribution in [0.2, 0.25) is 10.0 Å². The molecular weight excluding hydrogens is 383 g/mol. The zero-order valence-corrected chi connectivity index (χ0v) is 15.3. The number of anilines is 2. The summed E-state index contributed by atoms with van der Waals surface area (Å²) in [5.41, 5.74) is 1.55. The van der Waals surface area contributed by atoms with Gasteiger partial charge in [0.1, 0.15) is 11.7 Å². The Morgan fingerprint density at radius 3 is 1.38 bits per heavy atom. The molecule has 24 heavy (non-hydrogen) atoms. The van der Waals surface area contributed by atoms with Crippen LogP contribution in [0.1, 0.15) is 9.75 Å². The van der Waals surface area contributed by atoms with E-state index in [1.54, 1.807) is 12.1 Å². The van der Waals surface area contributed by atoms with E-state index in [2.05, 4.69) is 10.6 Å². The van der Waals surface area contributed by atoms with E-state index in [1.807, 2.05) is 35.0 Å². The highest BCUT2D eigenvalue weighted by atomic mass is 35.5. The van der Waals surface area contributed by atoms with Gasteiger partial charge in [-0.1, -0.05) is 23.2 Å². The summed E-state index contributed by atoms with van der Waals surface area (Å²) in [5, 5.41) is 27.0. The first-order valence-corrected chi connectivity index (χ1v) is 9.34. The maximum Gasteiger partial charge on any atom is 0.141 e. The fraction of sp³-hybridized carbons (Fsp3) is 0. The molecule has 2 aromatic heterocycles. The molecule has 0 saturated heterocycles. The van der Waals surface area contributed by atoms with Crippen molar-refractivity contribution >= 4 is 68.9 Å². The van der Waals surface area contributed by atoms with Crippen LogP contribution in [0.25, 0.3) is 0 Å². The Kier molecular flexibility index (Phi) is 5.20. The Morgan fingerprint density at radius 1 is 0.708 bits per heavy atom. The summed E-state index contributed by atoms with van der Waals surface area (Å²) in [6, 6.07) is 10.9. The van der Waals surface area contributed by atoms with Gasteiger partial charge in [-0.25, -0.2) is 0 Å². The molecule has 0 atom stereocenters. The van der Waals surface area contributed by atoms with Gasteiger partial charge in [0.25, 0.3) is 0 Å². The highest BCUT2D eigenvalue weighted by Crippen LogP contribution is 2.25. The Labute approximate surface area is 157 Å². The predicted molar refractivity (Wildman–Crippen MR) is 106 cm³/mol. The van der Waals surface area contributed by atoms with Crippen LogP contribution < -0.4 is 10.6 Å². The molecule has 0 bridgehead atoms. The molecule has 0 spiro atoms. The Balaban J connectivity index is 1.65. The van der Waals surface area contributed by atoms with Crippen molar-refractivity contribution in [1.29, 1.82) is 10.8 Å². The van der Waals surface area contributed by atoms with E-state index >= 15 is 0 Å². The van der Waals surface area contributed by atoms with Gasteiger partial charge in [0.2, 0.25) is 0 Å². The van der Waals surface area contributed by atoms with Crippen molar-refractivity contribution in [2.45, 2.75) is 0 Å². The average Bonchev–Trinajstić information content (AvgIpc) is 3.17. The van der Waals surface area contributed by atoms with Crippen LogP contribution in [0.5, 0.6) is 0 Å². The summed E-state index contributed by atoms with van der Waals surface area (Å²) >= 11 is 14.9. The third kappa shape index (κ3) is 3.79. The lowest BCUT2D eigenvalue weighted by Crippen LogP contribution is -2.12. The smallest absolute Gasteiger partial charge is 0.141 e. The molecule has 0 aliphatic rings. The minimum absolute atomic E-state index is 0.258. The van der Waals surface area contributed by atoms with E-state index < -0.39 is 0 Å². The number of thiophene rings is 2. The molecule has 0 aliphatic carbocycles. The molecule has 3 aromatic rings. The zero-order valence-electron chi connectivity index (χ0n) is 12.2. The fourth-order valence-corrected chi connectivity index (χ4v) is 4.09. The third-order valence-electron chi connectivity index (χ3n) is 3.11. The fourth-order valence-electron chi connectivity index (χ4n) is 1.98. The molecule has 0 unspecified atom stereocenters. The molecule has 0 amide bonds. The second-order valence-corrected chi connectivity index (χ2v) is 7.42. The van der Waals surface area contributed by atoms with Crippen molar-refractivity contribution in [1.82, 2.24) is 0 Å². The number of amidine groups is 2. The minimum atomic E-state index is 0.258.